The molecule has 25 heavy (non-hydrogen) atoms. The topological polar surface area (TPSA) is 98.5 Å². The van der Waals surface area contributed by atoms with Gasteiger partial charge in [-0.15, -0.1) is 0 Å². The van der Waals surface area contributed by atoms with Crippen molar-refractivity contribution in [2.45, 2.75) is 20.0 Å². The molecule has 7 nitrogen and oxygen atoms in total. The second-order valence-electron chi connectivity index (χ2n) is 5.31. The zero-order chi connectivity index (χ0) is 18.6. The lowest BCUT2D eigenvalue weighted by Gasteiger charge is -2.14. The molecule has 0 heterocycles. The maximum Gasteiger partial charge on any atom is 0.339 e. The van der Waals surface area contributed by atoms with E-state index in [4.69, 9.17) is 16.3 Å². The largest absolute Gasteiger partial charge is 0.449 e. The Kier molecular flexibility index (Phi) is 5.71. The lowest BCUT2D eigenvalue weighted by molar-refractivity contribution is -0.385. The molecule has 1 amide bonds. The number of anilines is 1. The molecule has 2 aromatic rings. The van der Waals surface area contributed by atoms with Crippen LogP contribution in [0.3, 0.4) is 0 Å². The number of ether oxygens (including phenoxy) is 1. The predicted octanol–water partition coefficient (Wildman–Crippen LogP) is 3.74. The van der Waals surface area contributed by atoms with E-state index in [9.17, 15) is 19.7 Å². The van der Waals surface area contributed by atoms with E-state index in [2.05, 4.69) is 5.32 Å². The fourth-order valence-electron chi connectivity index (χ4n) is 2.03. The van der Waals surface area contributed by atoms with E-state index in [1.165, 1.54) is 19.1 Å². The smallest absolute Gasteiger partial charge is 0.339 e. The first-order chi connectivity index (χ1) is 11.8. The van der Waals surface area contributed by atoms with Crippen molar-refractivity contribution < 1.29 is 19.2 Å². The van der Waals surface area contributed by atoms with Gasteiger partial charge in [0.1, 0.15) is 0 Å². The van der Waals surface area contributed by atoms with E-state index < -0.39 is 22.9 Å². The van der Waals surface area contributed by atoms with Gasteiger partial charge in [-0.05, 0) is 38.1 Å². The number of hydrogen-bond acceptors (Lipinski definition) is 5. The SMILES string of the molecule is Cc1ccc(C(=O)O[C@@H](C)C(=O)Nc2cccc(Cl)c2)cc1[N+](=O)[O-]. The van der Waals surface area contributed by atoms with Crippen molar-refractivity contribution in [1.82, 2.24) is 0 Å². The Morgan fingerprint density at radius 2 is 1.96 bits per heavy atom. The molecule has 0 spiro atoms. The number of carbonyl (C=O) groups excluding carboxylic acids is 2. The zero-order valence-electron chi connectivity index (χ0n) is 13.5. The molecule has 0 saturated carbocycles. The summed E-state index contributed by atoms with van der Waals surface area (Å²) in [6, 6.07) is 10.5. The number of nitro groups is 1. The molecule has 0 radical (unpaired) electrons. The Morgan fingerprint density at radius 1 is 1.24 bits per heavy atom. The van der Waals surface area contributed by atoms with Crippen molar-refractivity contribution in [2.75, 3.05) is 5.32 Å². The molecule has 0 aliphatic carbocycles. The number of hydrogen-bond donors (Lipinski definition) is 1. The number of aryl methyl sites for hydroxylation is 1. The van der Waals surface area contributed by atoms with E-state index in [1.807, 2.05) is 0 Å². The normalized spacial score (nSPS) is 11.5. The number of rotatable bonds is 5. The molecule has 8 heteroatoms. The highest BCUT2D eigenvalue weighted by Gasteiger charge is 2.21. The highest BCUT2D eigenvalue weighted by atomic mass is 35.5. The standard InChI is InChI=1S/C17H15ClN2O5/c1-10-6-7-12(8-15(10)20(23)24)17(22)25-11(2)16(21)19-14-5-3-4-13(18)9-14/h3-9,11H,1-2H3,(H,19,21)/t11-/m0/s1. The van der Waals surface area contributed by atoms with Crippen molar-refractivity contribution >= 4 is 34.9 Å². The predicted molar refractivity (Wildman–Crippen MR) is 92.8 cm³/mol. The number of amides is 1. The molecule has 0 saturated heterocycles. The Morgan fingerprint density at radius 3 is 2.60 bits per heavy atom. The van der Waals surface area contributed by atoms with Crippen molar-refractivity contribution in [3.8, 4) is 0 Å². The average molecular weight is 363 g/mol. The Bertz CT molecular complexity index is 838. The minimum Gasteiger partial charge on any atom is -0.449 e. The summed E-state index contributed by atoms with van der Waals surface area (Å²) in [4.78, 5) is 34.5. The van der Waals surface area contributed by atoms with Gasteiger partial charge in [-0.25, -0.2) is 4.79 Å². The number of nitrogens with zero attached hydrogens (tertiary/aromatic N) is 1. The maximum atomic E-state index is 12.1. The van der Waals surface area contributed by atoms with Crippen LogP contribution in [0.25, 0.3) is 0 Å². The summed E-state index contributed by atoms with van der Waals surface area (Å²) in [7, 11) is 0. The molecular weight excluding hydrogens is 348 g/mol. The Labute approximate surface area is 148 Å². The van der Waals surface area contributed by atoms with E-state index in [0.717, 1.165) is 6.07 Å². The monoisotopic (exact) mass is 362 g/mol. The quantitative estimate of drug-likeness (QED) is 0.496. The highest BCUT2D eigenvalue weighted by molar-refractivity contribution is 6.30. The van der Waals surface area contributed by atoms with Crippen LogP contribution in [0.4, 0.5) is 11.4 Å². The minimum absolute atomic E-state index is 0.000273. The fourth-order valence-corrected chi connectivity index (χ4v) is 2.22. The Balaban J connectivity index is 2.05. The van der Waals surface area contributed by atoms with Gasteiger partial charge in [0, 0.05) is 22.3 Å². The number of nitro benzene ring substituents is 1. The highest BCUT2D eigenvalue weighted by Crippen LogP contribution is 2.20. The summed E-state index contributed by atoms with van der Waals surface area (Å²) in [5, 5.41) is 14.0. The molecule has 0 bridgehead atoms. The first-order valence-corrected chi connectivity index (χ1v) is 7.68. The number of nitrogens with one attached hydrogen (secondary N) is 1. The van der Waals surface area contributed by atoms with Crippen LogP contribution in [-0.2, 0) is 9.53 Å². The first-order valence-electron chi connectivity index (χ1n) is 7.30. The van der Waals surface area contributed by atoms with Crippen LogP contribution in [0.2, 0.25) is 5.02 Å². The lowest BCUT2D eigenvalue weighted by Crippen LogP contribution is -2.30. The van der Waals surface area contributed by atoms with Crippen molar-refractivity contribution in [1.29, 1.82) is 0 Å². The molecule has 0 aliphatic heterocycles. The third-order valence-corrected chi connectivity index (χ3v) is 3.62. The van der Waals surface area contributed by atoms with Gasteiger partial charge in [0.05, 0.1) is 10.5 Å². The van der Waals surface area contributed by atoms with Crippen LogP contribution in [-0.4, -0.2) is 22.9 Å². The molecule has 2 rings (SSSR count). The summed E-state index contributed by atoms with van der Waals surface area (Å²) in [6.45, 7) is 2.97. The van der Waals surface area contributed by atoms with Gasteiger partial charge in [0.15, 0.2) is 6.10 Å². The number of halogens is 1. The van der Waals surface area contributed by atoms with Crippen LogP contribution in [0.1, 0.15) is 22.8 Å². The first kappa shape index (κ1) is 18.4. The number of carbonyl (C=O) groups is 2. The Hall–Kier alpha value is -2.93. The lowest BCUT2D eigenvalue weighted by atomic mass is 10.1. The van der Waals surface area contributed by atoms with Crippen LogP contribution in [0, 0.1) is 17.0 Å². The fraction of sp³-hybridized carbons (Fsp3) is 0.176. The molecule has 2 aromatic carbocycles. The average Bonchev–Trinajstić information content (AvgIpc) is 2.54. The number of esters is 1. The molecule has 0 fully saturated rings. The summed E-state index contributed by atoms with van der Waals surface area (Å²) in [6.07, 6.45) is -1.09. The second kappa shape index (κ2) is 7.76. The van der Waals surface area contributed by atoms with Gasteiger partial charge in [-0.3, -0.25) is 14.9 Å². The van der Waals surface area contributed by atoms with Crippen LogP contribution in [0.15, 0.2) is 42.5 Å². The van der Waals surface area contributed by atoms with E-state index in [0.29, 0.717) is 16.3 Å². The van der Waals surface area contributed by atoms with Gasteiger partial charge < -0.3 is 10.1 Å². The van der Waals surface area contributed by atoms with Gasteiger partial charge in [-0.1, -0.05) is 23.7 Å². The molecule has 1 atom stereocenters. The molecular formula is C17H15ClN2O5. The maximum absolute atomic E-state index is 12.1. The minimum atomic E-state index is -1.09. The van der Waals surface area contributed by atoms with E-state index in [1.54, 1.807) is 31.2 Å². The van der Waals surface area contributed by atoms with Crippen LogP contribution >= 0.6 is 11.6 Å². The van der Waals surface area contributed by atoms with Crippen molar-refractivity contribution in [2.24, 2.45) is 0 Å². The van der Waals surface area contributed by atoms with Gasteiger partial charge in [0.25, 0.3) is 11.6 Å². The molecule has 0 aliphatic rings. The third-order valence-electron chi connectivity index (χ3n) is 3.39. The zero-order valence-corrected chi connectivity index (χ0v) is 14.2. The van der Waals surface area contributed by atoms with E-state index in [-0.39, 0.29) is 11.3 Å². The second-order valence-corrected chi connectivity index (χ2v) is 5.74. The van der Waals surface area contributed by atoms with E-state index >= 15 is 0 Å². The molecule has 0 unspecified atom stereocenters. The summed E-state index contributed by atoms with van der Waals surface area (Å²) < 4.78 is 5.07. The number of benzene rings is 2. The third kappa shape index (κ3) is 4.77. The van der Waals surface area contributed by atoms with Crippen molar-refractivity contribution in [3.05, 3.63) is 68.7 Å². The van der Waals surface area contributed by atoms with Gasteiger partial charge in [-0.2, -0.15) is 0 Å². The summed E-state index contributed by atoms with van der Waals surface area (Å²) in [5.74, 6) is -1.37. The van der Waals surface area contributed by atoms with Crippen molar-refractivity contribution in [3.63, 3.8) is 0 Å². The molecule has 1 N–H and O–H groups in total. The molecule has 130 valence electrons. The summed E-state index contributed by atoms with van der Waals surface area (Å²) in [5.41, 5.74) is 0.699. The van der Waals surface area contributed by atoms with Gasteiger partial charge in [0.2, 0.25) is 0 Å². The van der Waals surface area contributed by atoms with Crippen LogP contribution in [0.5, 0.6) is 0 Å². The summed E-state index contributed by atoms with van der Waals surface area (Å²) >= 11 is 5.83. The van der Waals surface area contributed by atoms with Crippen LogP contribution < -0.4 is 5.32 Å². The molecule has 0 aromatic heterocycles. The van der Waals surface area contributed by atoms with Gasteiger partial charge >= 0.3 is 5.97 Å².